The molecule has 0 spiro atoms. The van der Waals surface area contributed by atoms with Crippen LogP contribution in [0.4, 0.5) is 18.9 Å². The van der Waals surface area contributed by atoms with Crippen LogP contribution in [-0.2, 0) is 20.5 Å². The zero-order chi connectivity index (χ0) is 25.2. The van der Waals surface area contributed by atoms with Gasteiger partial charge < -0.3 is 10.1 Å². The molecule has 0 aliphatic carbocycles. The van der Waals surface area contributed by atoms with Gasteiger partial charge in [0.1, 0.15) is 6.04 Å². The molecule has 0 bridgehead atoms. The van der Waals surface area contributed by atoms with Crippen LogP contribution >= 0.6 is 11.6 Å². The fraction of sp³-hybridized carbons (Fsp3) is 0.304. The van der Waals surface area contributed by atoms with Crippen molar-refractivity contribution in [2.75, 3.05) is 11.9 Å². The molecule has 34 heavy (non-hydrogen) atoms. The van der Waals surface area contributed by atoms with Gasteiger partial charge in [-0.05, 0) is 42.7 Å². The normalized spacial score (nSPS) is 14.3. The minimum atomic E-state index is -4.65. The Bertz CT molecular complexity index is 1110. The fourth-order valence-corrected chi connectivity index (χ4v) is 3.63. The molecule has 0 saturated carbocycles. The third kappa shape index (κ3) is 5.39. The summed E-state index contributed by atoms with van der Waals surface area (Å²) in [6.07, 6.45) is -4.56. The third-order valence-corrected chi connectivity index (χ3v) is 5.35. The Balaban J connectivity index is 1.71. The number of nitrogens with one attached hydrogen (secondary N) is 1. The molecule has 0 radical (unpaired) electrons. The van der Waals surface area contributed by atoms with Gasteiger partial charge in [-0.15, -0.1) is 0 Å². The standard InChI is InChI=1S/C23H20ClF3N2O5/c1-12(2)9-18(29-20(31)14-5-3-4-6-15(14)21(29)32)22(33)34-11-19(30)28-17-10-13(23(25,26)27)7-8-16(17)24/h3-8,10,12,18H,9,11H2,1-2H3,(H,28,30)/t18-/m1/s1. The van der Waals surface area contributed by atoms with Crippen molar-refractivity contribution in [3.63, 3.8) is 0 Å². The highest BCUT2D eigenvalue weighted by molar-refractivity contribution is 6.33. The number of hydrogen-bond donors (Lipinski definition) is 1. The lowest BCUT2D eigenvalue weighted by molar-refractivity contribution is -0.151. The second-order valence-corrected chi connectivity index (χ2v) is 8.43. The topological polar surface area (TPSA) is 92.8 Å². The molecule has 0 unspecified atom stereocenters. The molecule has 1 N–H and O–H groups in total. The summed E-state index contributed by atoms with van der Waals surface area (Å²) in [6, 6.07) is 7.24. The Labute approximate surface area is 197 Å². The van der Waals surface area contributed by atoms with Crippen molar-refractivity contribution in [1.82, 2.24) is 4.90 Å². The largest absolute Gasteiger partial charge is 0.454 e. The summed E-state index contributed by atoms with van der Waals surface area (Å²) in [7, 11) is 0. The molecule has 3 rings (SSSR count). The summed E-state index contributed by atoms with van der Waals surface area (Å²) >= 11 is 5.85. The Morgan fingerprint density at radius 3 is 2.18 bits per heavy atom. The average molecular weight is 497 g/mol. The molecule has 11 heteroatoms. The minimum Gasteiger partial charge on any atom is -0.454 e. The van der Waals surface area contributed by atoms with Crippen molar-refractivity contribution in [3.8, 4) is 0 Å². The molecule has 0 saturated heterocycles. The monoisotopic (exact) mass is 496 g/mol. The smallest absolute Gasteiger partial charge is 0.416 e. The molecule has 2 aromatic rings. The summed E-state index contributed by atoms with van der Waals surface area (Å²) in [6.45, 7) is 2.70. The molecule has 1 heterocycles. The van der Waals surface area contributed by atoms with Crippen LogP contribution in [0.3, 0.4) is 0 Å². The third-order valence-electron chi connectivity index (χ3n) is 5.02. The van der Waals surface area contributed by atoms with Crippen LogP contribution in [0.2, 0.25) is 5.02 Å². The van der Waals surface area contributed by atoms with E-state index in [1.54, 1.807) is 26.0 Å². The van der Waals surface area contributed by atoms with Crippen LogP contribution in [0.1, 0.15) is 46.5 Å². The number of anilines is 1. The first kappa shape index (κ1) is 25.2. The Morgan fingerprint density at radius 1 is 1.06 bits per heavy atom. The lowest BCUT2D eigenvalue weighted by Crippen LogP contribution is -2.46. The van der Waals surface area contributed by atoms with E-state index in [9.17, 15) is 32.3 Å². The molecule has 1 aliphatic rings. The number of carbonyl (C=O) groups excluding carboxylic acids is 4. The van der Waals surface area contributed by atoms with Gasteiger partial charge in [-0.1, -0.05) is 37.6 Å². The van der Waals surface area contributed by atoms with Crippen LogP contribution in [0.25, 0.3) is 0 Å². The number of alkyl halides is 3. The van der Waals surface area contributed by atoms with E-state index < -0.39 is 48.1 Å². The second kappa shape index (κ2) is 9.84. The van der Waals surface area contributed by atoms with E-state index in [4.69, 9.17) is 16.3 Å². The first-order chi connectivity index (χ1) is 15.9. The number of imide groups is 1. The van der Waals surface area contributed by atoms with Crippen molar-refractivity contribution in [2.45, 2.75) is 32.5 Å². The number of fused-ring (bicyclic) bond motifs is 1. The average Bonchev–Trinajstić information content (AvgIpc) is 3.01. The summed E-state index contributed by atoms with van der Waals surface area (Å²) in [5.74, 6) is -3.35. The highest BCUT2D eigenvalue weighted by atomic mass is 35.5. The fourth-order valence-electron chi connectivity index (χ4n) is 3.46. The molecule has 7 nitrogen and oxygen atoms in total. The van der Waals surface area contributed by atoms with Crippen LogP contribution in [0.5, 0.6) is 0 Å². The summed E-state index contributed by atoms with van der Waals surface area (Å²) < 4.78 is 43.7. The number of rotatable bonds is 7. The highest BCUT2D eigenvalue weighted by Gasteiger charge is 2.43. The number of esters is 1. The Morgan fingerprint density at radius 2 is 1.65 bits per heavy atom. The maximum Gasteiger partial charge on any atom is 0.416 e. The van der Waals surface area contributed by atoms with Crippen molar-refractivity contribution in [3.05, 3.63) is 64.2 Å². The number of hydrogen-bond acceptors (Lipinski definition) is 5. The van der Waals surface area contributed by atoms with Crippen LogP contribution in [-0.4, -0.2) is 41.2 Å². The van der Waals surface area contributed by atoms with Crippen LogP contribution in [0.15, 0.2) is 42.5 Å². The van der Waals surface area contributed by atoms with E-state index in [0.29, 0.717) is 6.07 Å². The van der Waals surface area contributed by atoms with Gasteiger partial charge in [0.25, 0.3) is 17.7 Å². The number of nitrogens with zero attached hydrogens (tertiary/aromatic N) is 1. The molecule has 0 aromatic heterocycles. The van der Waals surface area contributed by atoms with Gasteiger partial charge in [0.15, 0.2) is 6.61 Å². The predicted molar refractivity (Wildman–Crippen MR) is 116 cm³/mol. The van der Waals surface area contributed by atoms with Gasteiger partial charge in [0.2, 0.25) is 0 Å². The first-order valence-corrected chi connectivity index (χ1v) is 10.6. The van der Waals surface area contributed by atoms with Gasteiger partial charge in [-0.2, -0.15) is 13.2 Å². The van der Waals surface area contributed by atoms with Gasteiger partial charge in [-0.3, -0.25) is 19.3 Å². The minimum absolute atomic E-state index is 0.0887. The van der Waals surface area contributed by atoms with Crippen molar-refractivity contribution < 1.29 is 37.1 Å². The van der Waals surface area contributed by atoms with E-state index >= 15 is 0 Å². The zero-order valence-corrected chi connectivity index (χ0v) is 18.9. The molecule has 1 aliphatic heterocycles. The van der Waals surface area contributed by atoms with Gasteiger partial charge in [0, 0.05) is 0 Å². The highest BCUT2D eigenvalue weighted by Crippen LogP contribution is 2.34. The molecule has 3 amide bonds. The maximum absolute atomic E-state index is 12.9. The molecule has 180 valence electrons. The van der Waals surface area contributed by atoms with Gasteiger partial charge in [-0.25, -0.2) is 4.79 Å². The van der Waals surface area contributed by atoms with E-state index in [0.717, 1.165) is 17.0 Å². The predicted octanol–water partition coefficient (Wildman–Crippen LogP) is 4.55. The van der Waals surface area contributed by atoms with Gasteiger partial charge in [0.05, 0.1) is 27.4 Å². The van der Waals surface area contributed by atoms with Crippen molar-refractivity contribution in [2.24, 2.45) is 5.92 Å². The van der Waals surface area contributed by atoms with Crippen LogP contribution in [0, 0.1) is 5.92 Å². The zero-order valence-electron chi connectivity index (χ0n) is 18.1. The summed E-state index contributed by atoms with van der Waals surface area (Å²) in [5, 5.41) is 2.02. The maximum atomic E-state index is 12.9. The molecule has 1 atom stereocenters. The van der Waals surface area contributed by atoms with Crippen LogP contribution < -0.4 is 5.32 Å². The quantitative estimate of drug-likeness (QED) is 0.448. The van der Waals surface area contributed by atoms with Gasteiger partial charge >= 0.3 is 12.1 Å². The lowest BCUT2D eigenvalue weighted by atomic mass is 10.0. The number of ether oxygens (including phenoxy) is 1. The van der Waals surface area contributed by atoms with E-state index in [2.05, 4.69) is 5.32 Å². The van der Waals surface area contributed by atoms with E-state index in [-0.39, 0.29) is 34.2 Å². The molecular formula is C23H20ClF3N2O5. The number of amides is 3. The number of benzene rings is 2. The Hall–Kier alpha value is -3.40. The van der Waals surface area contributed by atoms with E-state index in [1.165, 1.54) is 12.1 Å². The lowest BCUT2D eigenvalue weighted by Gasteiger charge is -2.25. The first-order valence-electron chi connectivity index (χ1n) is 10.2. The molecular weight excluding hydrogens is 477 g/mol. The molecule has 2 aromatic carbocycles. The SMILES string of the molecule is CC(C)C[C@H](C(=O)OCC(=O)Nc1cc(C(F)(F)F)ccc1Cl)N1C(=O)c2ccccc2C1=O. The van der Waals surface area contributed by atoms with Crippen molar-refractivity contribution >= 4 is 41.0 Å². The Kier molecular flexibility index (Phi) is 7.30. The van der Waals surface area contributed by atoms with E-state index in [1.807, 2.05) is 0 Å². The second-order valence-electron chi connectivity index (χ2n) is 8.02. The number of halogens is 4. The van der Waals surface area contributed by atoms with Crippen molar-refractivity contribution in [1.29, 1.82) is 0 Å². The number of carbonyl (C=O) groups is 4. The molecule has 0 fully saturated rings. The summed E-state index contributed by atoms with van der Waals surface area (Å²) in [5.41, 5.74) is -1.01. The summed E-state index contributed by atoms with van der Waals surface area (Å²) in [4.78, 5) is 51.4.